The SMILES string of the molecule is COc1cc(OCCNCC2CC(C3CCCC3)Oc3ccccc32)cc(OC)c1OC. The fraction of sp³-hybridized carbons (Fsp3) is 0.538. The molecular weight excluding hydrogens is 406 g/mol. The van der Waals surface area contributed by atoms with Crippen molar-refractivity contribution < 1.29 is 23.7 Å². The number of fused-ring (bicyclic) bond motifs is 1. The lowest BCUT2D eigenvalue weighted by atomic mass is 9.84. The summed E-state index contributed by atoms with van der Waals surface area (Å²) in [4.78, 5) is 0. The Bertz CT molecular complexity index is 855. The Hall–Kier alpha value is -2.60. The van der Waals surface area contributed by atoms with Crippen molar-refractivity contribution in [3.05, 3.63) is 42.0 Å². The smallest absolute Gasteiger partial charge is 0.203 e. The van der Waals surface area contributed by atoms with Crippen molar-refractivity contribution in [1.29, 1.82) is 0 Å². The van der Waals surface area contributed by atoms with Gasteiger partial charge in [0.1, 0.15) is 24.2 Å². The molecule has 2 atom stereocenters. The van der Waals surface area contributed by atoms with E-state index in [0.717, 1.165) is 25.3 Å². The topological polar surface area (TPSA) is 58.2 Å². The van der Waals surface area contributed by atoms with Gasteiger partial charge < -0.3 is 29.0 Å². The molecule has 32 heavy (non-hydrogen) atoms. The summed E-state index contributed by atoms with van der Waals surface area (Å²) in [6.07, 6.45) is 6.71. The zero-order chi connectivity index (χ0) is 22.3. The maximum absolute atomic E-state index is 6.41. The van der Waals surface area contributed by atoms with Gasteiger partial charge >= 0.3 is 0 Å². The quantitative estimate of drug-likeness (QED) is 0.534. The van der Waals surface area contributed by atoms with Crippen molar-refractivity contribution in [3.8, 4) is 28.7 Å². The summed E-state index contributed by atoms with van der Waals surface area (Å²) in [7, 11) is 4.80. The number of hydrogen-bond donors (Lipinski definition) is 1. The van der Waals surface area contributed by atoms with Gasteiger partial charge in [0.15, 0.2) is 11.5 Å². The van der Waals surface area contributed by atoms with E-state index in [-0.39, 0.29) is 0 Å². The van der Waals surface area contributed by atoms with Crippen LogP contribution in [0.3, 0.4) is 0 Å². The van der Waals surface area contributed by atoms with Gasteiger partial charge in [0, 0.05) is 31.1 Å². The normalized spacial score (nSPS) is 20.3. The average molecular weight is 442 g/mol. The first-order chi connectivity index (χ1) is 15.7. The largest absolute Gasteiger partial charge is 0.493 e. The molecule has 0 spiro atoms. The van der Waals surface area contributed by atoms with Gasteiger partial charge in [-0.25, -0.2) is 0 Å². The zero-order valence-corrected chi connectivity index (χ0v) is 19.4. The predicted molar refractivity (Wildman–Crippen MR) is 125 cm³/mol. The van der Waals surface area contributed by atoms with Gasteiger partial charge in [0.25, 0.3) is 0 Å². The van der Waals surface area contributed by atoms with Crippen LogP contribution in [-0.2, 0) is 0 Å². The third-order valence-electron chi connectivity index (χ3n) is 6.66. The van der Waals surface area contributed by atoms with Crippen LogP contribution in [0, 0.1) is 5.92 Å². The molecule has 0 amide bonds. The first-order valence-corrected chi connectivity index (χ1v) is 11.6. The van der Waals surface area contributed by atoms with E-state index >= 15 is 0 Å². The lowest BCUT2D eigenvalue weighted by Gasteiger charge is -2.35. The average Bonchev–Trinajstić information content (AvgIpc) is 3.38. The van der Waals surface area contributed by atoms with E-state index in [1.807, 2.05) is 12.1 Å². The molecule has 0 saturated heterocycles. The first kappa shape index (κ1) is 22.6. The van der Waals surface area contributed by atoms with E-state index < -0.39 is 0 Å². The predicted octanol–water partition coefficient (Wildman–Crippen LogP) is 4.81. The molecule has 1 fully saturated rings. The summed E-state index contributed by atoms with van der Waals surface area (Å²) in [5, 5.41) is 3.59. The summed E-state index contributed by atoms with van der Waals surface area (Å²) in [6, 6.07) is 12.2. The van der Waals surface area contributed by atoms with Crippen LogP contribution in [0.4, 0.5) is 0 Å². The second-order valence-electron chi connectivity index (χ2n) is 8.58. The highest BCUT2D eigenvalue weighted by Gasteiger charge is 2.34. The number of benzene rings is 2. The highest BCUT2D eigenvalue weighted by molar-refractivity contribution is 5.55. The van der Waals surface area contributed by atoms with Crippen molar-refractivity contribution in [1.82, 2.24) is 5.32 Å². The van der Waals surface area contributed by atoms with E-state index in [4.69, 9.17) is 23.7 Å². The number of rotatable bonds is 10. The van der Waals surface area contributed by atoms with Crippen molar-refractivity contribution in [2.45, 2.75) is 44.1 Å². The number of methoxy groups -OCH3 is 3. The van der Waals surface area contributed by atoms with Crippen LogP contribution < -0.4 is 29.0 Å². The van der Waals surface area contributed by atoms with Gasteiger partial charge in [-0.1, -0.05) is 31.0 Å². The summed E-state index contributed by atoms with van der Waals surface area (Å²) >= 11 is 0. The van der Waals surface area contributed by atoms with Crippen LogP contribution in [0.25, 0.3) is 0 Å². The van der Waals surface area contributed by atoms with Crippen molar-refractivity contribution in [3.63, 3.8) is 0 Å². The molecule has 2 aromatic carbocycles. The molecule has 174 valence electrons. The van der Waals surface area contributed by atoms with Crippen LogP contribution in [0.15, 0.2) is 36.4 Å². The Morgan fingerprint density at radius 1 is 0.969 bits per heavy atom. The molecule has 1 aliphatic carbocycles. The molecule has 0 bridgehead atoms. The second kappa shape index (κ2) is 10.8. The molecular formula is C26H35NO5. The summed E-state index contributed by atoms with van der Waals surface area (Å²) < 4.78 is 28.5. The molecule has 4 rings (SSSR count). The molecule has 1 heterocycles. The molecule has 6 nitrogen and oxygen atoms in total. The standard InChI is InChI=1S/C26H35NO5/c1-28-24-15-20(16-25(29-2)26(24)30-3)31-13-12-27-17-19-14-23(18-8-4-5-9-18)32-22-11-7-6-10-21(19)22/h6-7,10-11,15-16,18-19,23,27H,4-5,8-9,12-14,17H2,1-3H3. The van der Waals surface area contributed by atoms with Crippen LogP contribution in [0.1, 0.15) is 43.6 Å². The minimum Gasteiger partial charge on any atom is -0.493 e. The van der Waals surface area contributed by atoms with Gasteiger partial charge in [-0.05, 0) is 36.8 Å². The van der Waals surface area contributed by atoms with Gasteiger partial charge in [-0.3, -0.25) is 0 Å². The van der Waals surface area contributed by atoms with E-state index in [2.05, 4.69) is 29.6 Å². The van der Waals surface area contributed by atoms with Crippen LogP contribution in [-0.4, -0.2) is 47.1 Å². The van der Waals surface area contributed by atoms with E-state index in [1.165, 1.54) is 31.2 Å². The van der Waals surface area contributed by atoms with E-state index in [0.29, 0.717) is 47.5 Å². The third-order valence-corrected chi connectivity index (χ3v) is 6.66. The Morgan fingerprint density at radius 3 is 2.38 bits per heavy atom. The Morgan fingerprint density at radius 2 is 1.69 bits per heavy atom. The number of para-hydroxylation sites is 1. The van der Waals surface area contributed by atoms with Gasteiger partial charge in [0.2, 0.25) is 5.75 Å². The summed E-state index contributed by atoms with van der Waals surface area (Å²) in [6.45, 7) is 2.22. The first-order valence-electron chi connectivity index (χ1n) is 11.6. The highest BCUT2D eigenvalue weighted by atomic mass is 16.5. The number of hydrogen-bond acceptors (Lipinski definition) is 6. The maximum Gasteiger partial charge on any atom is 0.203 e. The van der Waals surface area contributed by atoms with Crippen LogP contribution >= 0.6 is 0 Å². The molecule has 0 radical (unpaired) electrons. The fourth-order valence-corrected chi connectivity index (χ4v) is 5.01. The Kier molecular flexibility index (Phi) is 7.63. The summed E-state index contributed by atoms with van der Waals surface area (Å²) in [5.74, 6) is 4.67. The van der Waals surface area contributed by atoms with E-state index in [9.17, 15) is 0 Å². The monoisotopic (exact) mass is 441 g/mol. The number of nitrogens with one attached hydrogen (secondary N) is 1. The van der Waals surface area contributed by atoms with Gasteiger partial charge in [0.05, 0.1) is 21.3 Å². The maximum atomic E-state index is 6.41. The molecule has 2 unspecified atom stereocenters. The third kappa shape index (κ3) is 5.07. The van der Waals surface area contributed by atoms with Crippen LogP contribution in [0.5, 0.6) is 28.7 Å². The van der Waals surface area contributed by atoms with Crippen molar-refractivity contribution in [2.75, 3.05) is 41.0 Å². The lowest BCUT2D eigenvalue weighted by molar-refractivity contribution is 0.100. The Labute approximate surface area is 191 Å². The molecule has 2 aromatic rings. The van der Waals surface area contributed by atoms with E-state index in [1.54, 1.807) is 21.3 Å². The molecule has 6 heteroatoms. The number of ether oxygens (including phenoxy) is 5. The molecule has 1 saturated carbocycles. The fourth-order valence-electron chi connectivity index (χ4n) is 5.01. The minimum atomic E-state index is 0.342. The highest BCUT2D eigenvalue weighted by Crippen LogP contribution is 2.42. The van der Waals surface area contributed by atoms with Crippen LogP contribution in [0.2, 0.25) is 0 Å². The molecule has 0 aromatic heterocycles. The van der Waals surface area contributed by atoms with Gasteiger partial charge in [-0.15, -0.1) is 0 Å². The van der Waals surface area contributed by atoms with Crippen molar-refractivity contribution >= 4 is 0 Å². The molecule has 1 N–H and O–H groups in total. The minimum absolute atomic E-state index is 0.342. The second-order valence-corrected chi connectivity index (χ2v) is 8.58. The zero-order valence-electron chi connectivity index (χ0n) is 19.4. The molecule has 1 aliphatic heterocycles. The lowest BCUT2D eigenvalue weighted by Crippen LogP contribution is -2.36. The molecule has 2 aliphatic rings. The van der Waals surface area contributed by atoms with Crippen molar-refractivity contribution in [2.24, 2.45) is 5.92 Å². The van der Waals surface area contributed by atoms with Gasteiger partial charge in [-0.2, -0.15) is 0 Å². The Balaban J connectivity index is 1.31. The summed E-state index contributed by atoms with van der Waals surface area (Å²) in [5.41, 5.74) is 1.32.